The third kappa shape index (κ3) is 2.55. The maximum atomic E-state index is 11.1. The Kier molecular flexibility index (Phi) is 3.60. The van der Waals surface area contributed by atoms with Crippen molar-refractivity contribution >= 4 is 5.91 Å². The number of nitriles is 2. The second-order valence-corrected chi connectivity index (χ2v) is 3.78. The molecule has 0 aliphatic rings. The van der Waals surface area contributed by atoms with Gasteiger partial charge in [0, 0.05) is 6.20 Å². The van der Waals surface area contributed by atoms with E-state index >= 15 is 0 Å². The molecule has 20 heavy (non-hydrogen) atoms. The van der Waals surface area contributed by atoms with Crippen LogP contribution < -0.4 is 10.5 Å². The van der Waals surface area contributed by atoms with Crippen LogP contribution in [0.15, 0.2) is 36.7 Å². The van der Waals surface area contributed by atoms with E-state index in [9.17, 15) is 4.79 Å². The number of carbonyl (C=O) groups is 1. The van der Waals surface area contributed by atoms with Crippen LogP contribution in [-0.4, -0.2) is 10.9 Å². The smallest absolute Gasteiger partial charge is 0.250 e. The minimum atomic E-state index is -0.642. The van der Waals surface area contributed by atoms with E-state index in [2.05, 4.69) is 4.98 Å². The maximum absolute atomic E-state index is 11.1. The first-order valence-electron chi connectivity index (χ1n) is 5.51. The van der Waals surface area contributed by atoms with Gasteiger partial charge in [-0.25, -0.2) is 0 Å². The summed E-state index contributed by atoms with van der Waals surface area (Å²) in [7, 11) is 0. The van der Waals surface area contributed by atoms with E-state index in [1.54, 1.807) is 6.07 Å². The molecule has 0 aliphatic heterocycles. The molecule has 1 aromatic heterocycles. The Balaban J connectivity index is 2.45. The number of nitrogens with two attached hydrogens (primary N) is 1. The predicted octanol–water partition coefficient (Wildman–Crippen LogP) is 1.72. The summed E-state index contributed by atoms with van der Waals surface area (Å²) in [6.07, 6.45) is 2.67. The van der Waals surface area contributed by atoms with Gasteiger partial charge < -0.3 is 10.5 Å². The van der Waals surface area contributed by atoms with Gasteiger partial charge in [-0.3, -0.25) is 9.78 Å². The summed E-state index contributed by atoms with van der Waals surface area (Å²) in [5, 5.41) is 18.1. The molecule has 96 valence electrons. The average molecular weight is 264 g/mol. The van der Waals surface area contributed by atoms with Crippen LogP contribution in [0.2, 0.25) is 0 Å². The fraction of sp³-hybridized carbons (Fsp3) is 0. The zero-order valence-electron chi connectivity index (χ0n) is 10.2. The van der Waals surface area contributed by atoms with Gasteiger partial charge in [-0.1, -0.05) is 6.07 Å². The molecule has 2 aromatic rings. The molecule has 1 amide bonds. The van der Waals surface area contributed by atoms with Gasteiger partial charge in [-0.15, -0.1) is 0 Å². The summed E-state index contributed by atoms with van der Waals surface area (Å²) < 4.78 is 5.50. The van der Waals surface area contributed by atoms with Crippen LogP contribution in [-0.2, 0) is 0 Å². The molecular weight excluding hydrogens is 256 g/mol. The lowest BCUT2D eigenvalue weighted by Crippen LogP contribution is -2.11. The quantitative estimate of drug-likeness (QED) is 0.906. The number of hydrogen-bond acceptors (Lipinski definition) is 5. The molecule has 0 spiro atoms. The summed E-state index contributed by atoms with van der Waals surface area (Å²) in [5.74, 6) is -0.293. The Morgan fingerprint density at radius 1 is 1.20 bits per heavy atom. The molecule has 6 heteroatoms. The fourth-order valence-corrected chi connectivity index (χ4v) is 1.55. The molecule has 0 aliphatic carbocycles. The Labute approximate surface area is 114 Å². The average Bonchev–Trinajstić information content (AvgIpc) is 2.47. The number of pyridine rings is 1. The number of amides is 1. The lowest BCUT2D eigenvalue weighted by molar-refractivity contribution is 0.0999. The highest BCUT2D eigenvalue weighted by Gasteiger charge is 2.12. The van der Waals surface area contributed by atoms with Crippen LogP contribution in [0.3, 0.4) is 0 Å². The maximum Gasteiger partial charge on any atom is 0.250 e. The van der Waals surface area contributed by atoms with Gasteiger partial charge >= 0.3 is 0 Å². The number of hydrogen-bond donors (Lipinski definition) is 1. The Morgan fingerprint density at radius 2 is 1.85 bits per heavy atom. The minimum absolute atomic E-state index is 0.126. The number of nitrogens with zero attached hydrogens (tertiary/aromatic N) is 3. The standard InChI is InChI=1S/C14H8N4O2/c15-5-9-2-1-3-10(6-16)13(9)20-12-4-11(14(17)19)7-18-8-12/h1-4,7-8H,(H2,17,19). The summed E-state index contributed by atoms with van der Waals surface area (Å²) in [5.41, 5.74) is 5.76. The van der Waals surface area contributed by atoms with Crippen molar-refractivity contribution in [3.63, 3.8) is 0 Å². The van der Waals surface area contributed by atoms with Gasteiger partial charge in [0.1, 0.15) is 17.9 Å². The van der Waals surface area contributed by atoms with Gasteiger partial charge in [-0.05, 0) is 18.2 Å². The first-order valence-corrected chi connectivity index (χ1v) is 5.51. The molecule has 0 atom stereocenters. The Hall–Kier alpha value is -3.38. The van der Waals surface area contributed by atoms with Crippen LogP contribution >= 0.6 is 0 Å². The van der Waals surface area contributed by atoms with E-state index in [4.69, 9.17) is 21.0 Å². The molecule has 0 fully saturated rings. The Bertz CT molecular complexity index is 724. The monoisotopic (exact) mass is 264 g/mol. The van der Waals surface area contributed by atoms with Crippen molar-refractivity contribution in [2.24, 2.45) is 5.73 Å². The van der Waals surface area contributed by atoms with E-state index in [1.165, 1.54) is 30.6 Å². The molecular formula is C14H8N4O2. The van der Waals surface area contributed by atoms with Crippen molar-refractivity contribution in [1.29, 1.82) is 10.5 Å². The number of carbonyl (C=O) groups excluding carboxylic acids is 1. The summed E-state index contributed by atoms with van der Waals surface area (Å²) >= 11 is 0. The van der Waals surface area contributed by atoms with Crippen LogP contribution in [0.4, 0.5) is 0 Å². The number of primary amides is 1. The largest absolute Gasteiger partial charge is 0.453 e. The van der Waals surface area contributed by atoms with Crippen molar-refractivity contribution in [3.8, 4) is 23.6 Å². The number of aromatic nitrogens is 1. The van der Waals surface area contributed by atoms with Crippen molar-refractivity contribution < 1.29 is 9.53 Å². The van der Waals surface area contributed by atoms with Crippen LogP contribution in [0.5, 0.6) is 11.5 Å². The van der Waals surface area contributed by atoms with Crippen LogP contribution in [0, 0.1) is 22.7 Å². The second-order valence-electron chi connectivity index (χ2n) is 3.78. The molecule has 0 bridgehead atoms. The minimum Gasteiger partial charge on any atom is -0.453 e. The SMILES string of the molecule is N#Cc1cccc(C#N)c1Oc1cncc(C(N)=O)c1. The molecule has 1 heterocycles. The molecule has 2 N–H and O–H groups in total. The summed E-state index contributed by atoms with van der Waals surface area (Å²) in [6, 6.07) is 9.92. The highest BCUT2D eigenvalue weighted by molar-refractivity contribution is 5.92. The molecule has 2 rings (SSSR count). The van der Waals surface area contributed by atoms with Crippen molar-refractivity contribution in [1.82, 2.24) is 4.98 Å². The number of rotatable bonds is 3. The lowest BCUT2D eigenvalue weighted by atomic mass is 10.1. The predicted molar refractivity (Wildman–Crippen MR) is 68.7 cm³/mol. The molecule has 1 aromatic carbocycles. The third-order valence-corrected chi connectivity index (χ3v) is 2.47. The molecule has 0 saturated heterocycles. The highest BCUT2D eigenvalue weighted by atomic mass is 16.5. The second kappa shape index (κ2) is 5.51. The molecule has 0 saturated carbocycles. The zero-order valence-corrected chi connectivity index (χ0v) is 10.2. The first kappa shape index (κ1) is 13.1. The normalized spacial score (nSPS) is 9.30. The number of benzene rings is 1. The van der Waals surface area contributed by atoms with Gasteiger partial charge in [0.05, 0.1) is 22.9 Å². The van der Waals surface area contributed by atoms with Gasteiger partial charge in [0.2, 0.25) is 5.91 Å². The zero-order chi connectivity index (χ0) is 14.5. The van der Waals surface area contributed by atoms with E-state index in [1.807, 2.05) is 12.1 Å². The first-order chi connectivity index (χ1) is 9.65. The third-order valence-electron chi connectivity index (χ3n) is 2.47. The van der Waals surface area contributed by atoms with E-state index < -0.39 is 5.91 Å². The van der Waals surface area contributed by atoms with E-state index in [0.717, 1.165) is 0 Å². The highest BCUT2D eigenvalue weighted by Crippen LogP contribution is 2.28. The van der Waals surface area contributed by atoms with Gasteiger partial charge in [0.25, 0.3) is 0 Å². The summed E-state index contributed by atoms with van der Waals surface area (Å²) in [4.78, 5) is 14.9. The molecule has 6 nitrogen and oxygen atoms in total. The van der Waals surface area contributed by atoms with E-state index in [-0.39, 0.29) is 28.2 Å². The van der Waals surface area contributed by atoms with Crippen LogP contribution in [0.25, 0.3) is 0 Å². The van der Waals surface area contributed by atoms with Crippen molar-refractivity contribution in [3.05, 3.63) is 53.3 Å². The van der Waals surface area contributed by atoms with Gasteiger partial charge in [-0.2, -0.15) is 10.5 Å². The number of para-hydroxylation sites is 1. The summed E-state index contributed by atoms with van der Waals surface area (Å²) in [6.45, 7) is 0. The van der Waals surface area contributed by atoms with Crippen molar-refractivity contribution in [2.75, 3.05) is 0 Å². The molecule has 0 radical (unpaired) electrons. The molecule has 0 unspecified atom stereocenters. The number of ether oxygens (including phenoxy) is 1. The van der Waals surface area contributed by atoms with E-state index in [0.29, 0.717) is 0 Å². The van der Waals surface area contributed by atoms with Crippen molar-refractivity contribution in [2.45, 2.75) is 0 Å². The topological polar surface area (TPSA) is 113 Å². The van der Waals surface area contributed by atoms with Crippen LogP contribution in [0.1, 0.15) is 21.5 Å². The fourth-order valence-electron chi connectivity index (χ4n) is 1.55. The Morgan fingerprint density at radius 3 is 2.40 bits per heavy atom. The van der Waals surface area contributed by atoms with Gasteiger partial charge in [0.15, 0.2) is 5.75 Å². The lowest BCUT2D eigenvalue weighted by Gasteiger charge is -2.09.